The van der Waals surface area contributed by atoms with Crippen molar-refractivity contribution >= 4 is 32.8 Å². The minimum Gasteiger partial charge on any atom is -1.00 e. The topological polar surface area (TPSA) is 253 Å². The third kappa shape index (κ3) is 5.51. The summed E-state index contributed by atoms with van der Waals surface area (Å²) in [6, 6.07) is 0. The van der Waals surface area contributed by atoms with Crippen molar-refractivity contribution in [3.63, 3.8) is 0 Å². The van der Waals surface area contributed by atoms with Crippen molar-refractivity contribution in [2.75, 3.05) is 12.3 Å². The van der Waals surface area contributed by atoms with Crippen molar-refractivity contribution in [2.45, 2.75) is 24.5 Å². The first-order valence-electron chi connectivity index (χ1n) is 7.36. The monoisotopic (exact) mass is 467 g/mol. The molecule has 0 bridgehead atoms. The zero-order valence-electron chi connectivity index (χ0n) is 15.6. The van der Waals surface area contributed by atoms with Crippen molar-refractivity contribution in [3.8, 4) is 0 Å². The Bertz CT molecular complexity index is 1050. The van der Waals surface area contributed by atoms with E-state index in [9.17, 15) is 29.0 Å². The number of anilines is 1. The molecule has 0 saturated carbocycles. The van der Waals surface area contributed by atoms with Gasteiger partial charge in [-0.05, 0) is 0 Å². The van der Waals surface area contributed by atoms with Crippen molar-refractivity contribution in [2.24, 2.45) is 0 Å². The number of phosphoric acid groups is 2. The van der Waals surface area contributed by atoms with Gasteiger partial charge in [0, 0.05) is 0 Å². The molecule has 0 radical (unpaired) electrons. The van der Waals surface area contributed by atoms with Crippen molar-refractivity contribution in [3.05, 3.63) is 16.7 Å². The van der Waals surface area contributed by atoms with Crippen LogP contribution in [0.25, 0.3) is 11.2 Å². The Morgan fingerprint density at radius 3 is 2.59 bits per heavy atom. The molecule has 16 nitrogen and oxygen atoms in total. The van der Waals surface area contributed by atoms with Crippen LogP contribution in [0, 0.1) is 0 Å². The number of rotatable bonds is 6. The maximum atomic E-state index is 11.8. The molecule has 3 rings (SSSR count). The summed E-state index contributed by atoms with van der Waals surface area (Å²) in [7, 11) is -10.5. The van der Waals surface area contributed by atoms with Crippen LogP contribution in [-0.4, -0.2) is 69.3 Å². The van der Waals surface area contributed by atoms with E-state index < -0.39 is 52.4 Å². The average molecular weight is 467 g/mol. The molecule has 2 aromatic rings. The summed E-state index contributed by atoms with van der Waals surface area (Å²) >= 11 is 0. The third-order valence-electron chi connectivity index (χ3n) is 3.67. The van der Waals surface area contributed by atoms with Crippen LogP contribution in [0.5, 0.6) is 0 Å². The van der Waals surface area contributed by atoms with Gasteiger partial charge < -0.3 is 36.8 Å². The molecule has 19 heteroatoms. The molecule has 8 N–H and O–H groups in total. The number of hydrogen-bond acceptors (Lipinski definition) is 11. The molecule has 1 unspecified atom stereocenters. The van der Waals surface area contributed by atoms with Gasteiger partial charge in [-0.15, -0.1) is 0 Å². The SMILES string of the molecule is Nc1nc2c(ncn2[C@@H]2O[C@H](COP(=O)(O)OP(=O)(O)O)[C@@H](O)[C@H]2O)c(=O)[nH]1.[H-].[Na+]. The largest absolute Gasteiger partial charge is 1.00 e. The van der Waals surface area contributed by atoms with E-state index in [2.05, 4.69) is 23.8 Å². The first kappa shape index (κ1) is 24.6. The first-order chi connectivity index (χ1) is 12.9. The molecule has 1 fully saturated rings. The standard InChI is InChI=1S/C10H15N5O11P2.Na.H/c11-10-13-7-4(8(18)14-10)12-2-15(7)9-6(17)5(16)3(25-9)1-24-28(22,23)26-27(19,20)21;;/h2-3,5-6,9,16-17H,1H2,(H,22,23)(H2,19,20,21)(H3,11,13,14,18);;/q;+1;-1/t3-,5-,6-,9-;;/m1../s1. The number of nitrogen functional groups attached to an aromatic ring is 1. The zero-order chi connectivity index (χ0) is 20.9. The summed E-state index contributed by atoms with van der Waals surface area (Å²) in [5.41, 5.74) is 4.65. The van der Waals surface area contributed by atoms with Gasteiger partial charge in [-0.2, -0.15) is 9.29 Å². The molecule has 2 aromatic heterocycles. The van der Waals surface area contributed by atoms with E-state index in [4.69, 9.17) is 20.3 Å². The summed E-state index contributed by atoms with van der Waals surface area (Å²) in [5.74, 6) is -0.233. The third-order valence-corrected chi connectivity index (χ3v) is 5.83. The molecule has 0 amide bonds. The second-order valence-electron chi connectivity index (χ2n) is 5.66. The van der Waals surface area contributed by atoms with Crippen LogP contribution in [0.2, 0.25) is 0 Å². The number of hydrogen-bond donors (Lipinski definition) is 7. The zero-order valence-corrected chi connectivity index (χ0v) is 18.4. The van der Waals surface area contributed by atoms with E-state index in [0.29, 0.717) is 0 Å². The predicted octanol–water partition coefficient (Wildman–Crippen LogP) is -5.34. The van der Waals surface area contributed by atoms with Crippen LogP contribution in [0.1, 0.15) is 7.65 Å². The Labute approximate surface area is 184 Å². The Hall–Kier alpha value is -0.710. The van der Waals surface area contributed by atoms with E-state index >= 15 is 0 Å². The molecule has 1 aliphatic heterocycles. The Morgan fingerprint density at radius 2 is 1.97 bits per heavy atom. The number of nitrogens with two attached hydrogens (primary N) is 1. The van der Waals surface area contributed by atoms with E-state index in [1.165, 1.54) is 0 Å². The second-order valence-corrected chi connectivity index (χ2v) is 8.49. The number of aromatic amines is 1. The Balaban J connectivity index is 0.00000225. The Kier molecular flexibility index (Phi) is 7.45. The number of nitrogens with zero attached hydrogens (tertiary/aromatic N) is 3. The van der Waals surface area contributed by atoms with Crippen LogP contribution in [0.3, 0.4) is 0 Å². The molecule has 0 aromatic carbocycles. The number of fused-ring (bicyclic) bond motifs is 1. The molecule has 1 aliphatic rings. The Morgan fingerprint density at radius 1 is 1.31 bits per heavy atom. The van der Waals surface area contributed by atoms with Gasteiger partial charge in [-0.1, -0.05) is 0 Å². The fraction of sp³-hybridized carbons (Fsp3) is 0.500. The predicted molar refractivity (Wildman–Crippen MR) is 88.5 cm³/mol. The fourth-order valence-corrected chi connectivity index (χ4v) is 4.15. The van der Waals surface area contributed by atoms with Crippen molar-refractivity contribution in [1.29, 1.82) is 0 Å². The van der Waals surface area contributed by atoms with Gasteiger partial charge in [0.05, 0.1) is 12.9 Å². The van der Waals surface area contributed by atoms with Crippen LogP contribution >= 0.6 is 15.6 Å². The molecule has 1 saturated heterocycles. The number of phosphoric ester groups is 1. The normalized spacial score (nSPS) is 26.9. The maximum Gasteiger partial charge on any atom is 1.00 e. The summed E-state index contributed by atoms with van der Waals surface area (Å²) in [6.07, 6.45) is -4.88. The molecule has 5 atom stereocenters. The number of imidazole rings is 1. The number of ether oxygens (including phenoxy) is 1. The number of H-pyrrole nitrogens is 1. The van der Waals surface area contributed by atoms with E-state index in [1.807, 2.05) is 0 Å². The van der Waals surface area contributed by atoms with E-state index in [1.54, 1.807) is 0 Å². The van der Waals surface area contributed by atoms with Gasteiger partial charge in [0.25, 0.3) is 5.56 Å². The molecule has 158 valence electrons. The molecule has 0 spiro atoms. The minimum atomic E-state index is -5.32. The van der Waals surface area contributed by atoms with Gasteiger partial charge in [-0.3, -0.25) is 18.9 Å². The van der Waals surface area contributed by atoms with Gasteiger partial charge in [-0.25, -0.2) is 14.1 Å². The van der Waals surface area contributed by atoms with Crippen molar-refractivity contribution < 1.29 is 78.6 Å². The summed E-state index contributed by atoms with van der Waals surface area (Å²) in [5, 5.41) is 20.3. The van der Waals surface area contributed by atoms with Crippen LogP contribution in [0.15, 0.2) is 11.1 Å². The average Bonchev–Trinajstić information content (AvgIpc) is 3.06. The van der Waals surface area contributed by atoms with Crippen LogP contribution in [-0.2, 0) is 22.7 Å². The molecule has 0 aliphatic carbocycles. The molecular weight excluding hydrogens is 451 g/mol. The van der Waals surface area contributed by atoms with Crippen LogP contribution < -0.4 is 40.9 Å². The molecule has 29 heavy (non-hydrogen) atoms. The maximum absolute atomic E-state index is 11.8. The number of nitrogens with one attached hydrogen (secondary N) is 1. The minimum absolute atomic E-state index is 0. The fourth-order valence-electron chi connectivity index (χ4n) is 2.55. The summed E-state index contributed by atoms with van der Waals surface area (Å²) in [4.78, 5) is 48.1. The van der Waals surface area contributed by atoms with Gasteiger partial charge in [0.15, 0.2) is 17.4 Å². The van der Waals surface area contributed by atoms with Gasteiger partial charge in [0.1, 0.15) is 18.3 Å². The number of aliphatic hydroxyl groups is 2. The first-order valence-corrected chi connectivity index (χ1v) is 10.4. The van der Waals surface area contributed by atoms with E-state index in [-0.39, 0.29) is 48.1 Å². The van der Waals surface area contributed by atoms with Gasteiger partial charge >= 0.3 is 45.2 Å². The second kappa shape index (κ2) is 8.80. The summed E-state index contributed by atoms with van der Waals surface area (Å²) < 4.78 is 36.6. The van der Waals surface area contributed by atoms with Crippen molar-refractivity contribution in [1.82, 2.24) is 19.5 Å². The van der Waals surface area contributed by atoms with Crippen LogP contribution in [0.4, 0.5) is 5.95 Å². The molecule has 3 heterocycles. The smallest absolute Gasteiger partial charge is 1.00 e. The number of aromatic nitrogens is 4. The van der Waals surface area contributed by atoms with Gasteiger partial charge in [0.2, 0.25) is 5.95 Å². The summed E-state index contributed by atoms with van der Waals surface area (Å²) in [6.45, 7) is -0.870. The number of aliphatic hydroxyl groups excluding tert-OH is 2. The van der Waals surface area contributed by atoms with E-state index in [0.717, 1.165) is 10.9 Å². The molecular formula is C10H16N5NaO11P2. The quantitative estimate of drug-likeness (QED) is 0.155.